The first-order valence-corrected chi connectivity index (χ1v) is 5.36. The highest BCUT2D eigenvalue weighted by molar-refractivity contribution is 6.96. The zero-order chi connectivity index (χ0) is 4.83. The van der Waals surface area contributed by atoms with Gasteiger partial charge in [0.15, 0.2) is 0 Å². The third-order valence-electron chi connectivity index (χ3n) is 0.319. The van der Waals surface area contributed by atoms with E-state index >= 15 is 0 Å². The molecule has 0 amide bonds. The minimum atomic E-state index is 0.743. The monoisotopic (exact) mass is 116 g/mol. The van der Waals surface area contributed by atoms with Crippen molar-refractivity contribution in [3.05, 3.63) is 0 Å². The van der Waals surface area contributed by atoms with Gasteiger partial charge in [-0.1, -0.05) is 6.55 Å². The van der Waals surface area contributed by atoms with Gasteiger partial charge in [0.05, 0.1) is 9.04 Å². The van der Waals surface area contributed by atoms with Gasteiger partial charge in [0.1, 0.15) is 0 Å². The lowest BCUT2D eigenvalue weighted by Crippen LogP contribution is -2.03. The van der Waals surface area contributed by atoms with Crippen LogP contribution in [-0.4, -0.2) is 24.9 Å². The summed E-state index contributed by atoms with van der Waals surface area (Å²) in [6.45, 7) is 5.04. The predicted molar refractivity (Wildman–Crippen MR) is 29.0 cm³/mol. The van der Waals surface area contributed by atoms with Crippen LogP contribution in [0.25, 0.3) is 0 Å². The molecule has 0 aromatic carbocycles. The van der Waals surface area contributed by atoms with E-state index in [9.17, 15) is 0 Å². The Kier molecular flexibility index (Phi) is 5.75. The van der Waals surface area contributed by atoms with Gasteiger partial charge >= 0.3 is 0 Å². The molecule has 0 bridgehead atoms. The van der Waals surface area contributed by atoms with Crippen LogP contribution in [0.15, 0.2) is 0 Å². The maximum absolute atomic E-state index is 5.02. The fraction of sp³-hybridized carbons (Fsp3) is 1.00. The molecule has 0 saturated carbocycles. The minimum Gasteiger partial charge on any atom is -0.422 e. The summed E-state index contributed by atoms with van der Waals surface area (Å²) in [4.78, 5) is 0. The summed E-state index contributed by atoms with van der Waals surface area (Å²) in [6.07, 6.45) is 0. The van der Waals surface area contributed by atoms with Gasteiger partial charge in [0.25, 0.3) is 0 Å². The molecule has 0 N–H and O–H groups in total. The summed E-state index contributed by atoms with van der Waals surface area (Å²) in [5.41, 5.74) is 0. The maximum atomic E-state index is 5.02. The van der Waals surface area contributed by atoms with Crippen LogP contribution in [0.1, 0.15) is 6.92 Å². The van der Waals surface area contributed by atoms with Crippen LogP contribution in [0, 0.1) is 0 Å². The second kappa shape index (κ2) is 5.39. The predicted octanol–water partition coefficient (Wildman–Crippen LogP) is 0.309. The second-order valence-electron chi connectivity index (χ2n) is 0.785. The van der Waals surface area contributed by atoms with Crippen molar-refractivity contribution >= 4 is 18.3 Å². The molecular weight excluding hydrogens is 108 g/mol. The summed E-state index contributed by atoms with van der Waals surface area (Å²) in [7, 11) is 1.71. The largest absolute Gasteiger partial charge is 0.422 e. The lowest BCUT2D eigenvalue weighted by molar-refractivity contribution is 0.370. The van der Waals surface area contributed by atoms with E-state index in [1.165, 1.54) is 0 Å². The van der Waals surface area contributed by atoms with Gasteiger partial charge in [0, 0.05) is 6.61 Å². The summed E-state index contributed by atoms with van der Waals surface area (Å²) < 4.78 is 5.02. The zero-order valence-electron chi connectivity index (χ0n) is 4.12. The first-order chi connectivity index (χ1) is 2.91. The van der Waals surface area contributed by atoms with E-state index in [1.807, 2.05) is 6.92 Å². The highest BCUT2D eigenvalue weighted by atomic mass is 29.2. The number of hydrogen-bond donors (Lipinski definition) is 0. The topological polar surface area (TPSA) is 9.23 Å². The Labute approximate surface area is 43.6 Å². The number of hydrogen-bond acceptors (Lipinski definition) is 1. The average Bonchev–Trinajstić information content (AvgIpc) is 1.61. The van der Waals surface area contributed by atoms with Crippen LogP contribution in [0.4, 0.5) is 0 Å². The first kappa shape index (κ1) is 6.39. The van der Waals surface area contributed by atoms with E-state index in [0.717, 1.165) is 24.9 Å². The van der Waals surface area contributed by atoms with Gasteiger partial charge in [-0.3, -0.25) is 0 Å². The van der Waals surface area contributed by atoms with Gasteiger partial charge in [-0.25, -0.2) is 0 Å². The fourth-order valence-corrected chi connectivity index (χ4v) is 1.30. The van der Waals surface area contributed by atoms with Crippen molar-refractivity contribution in [1.82, 2.24) is 0 Å². The summed E-state index contributed by atoms with van der Waals surface area (Å²) in [5.74, 6) is 0. The summed E-state index contributed by atoms with van der Waals surface area (Å²) in [6, 6.07) is 0. The lowest BCUT2D eigenvalue weighted by atomic mass is 10.9. The molecule has 0 aliphatic rings. The van der Waals surface area contributed by atoms with E-state index in [-0.39, 0.29) is 0 Å². The molecule has 0 aliphatic heterocycles. The van der Waals surface area contributed by atoms with E-state index in [2.05, 4.69) is 6.55 Å². The molecule has 6 heavy (non-hydrogen) atoms. The molecule has 0 aliphatic carbocycles. The summed E-state index contributed by atoms with van der Waals surface area (Å²) in [5, 5.41) is 0. The van der Waals surface area contributed by atoms with E-state index in [1.54, 1.807) is 0 Å². The van der Waals surface area contributed by atoms with Crippen LogP contribution in [0.2, 0.25) is 6.55 Å². The van der Waals surface area contributed by atoms with Crippen LogP contribution >= 0.6 is 0 Å². The van der Waals surface area contributed by atoms with Crippen LogP contribution in [0.3, 0.4) is 0 Å². The third kappa shape index (κ3) is 4.39. The standard InChI is InChI=1S/C3H8OSi2/c1-3-4-6-5-2/h3H2,1-2H3. The van der Waals surface area contributed by atoms with Gasteiger partial charge in [-0.15, -0.1) is 0 Å². The number of rotatable bonds is 3. The molecule has 4 radical (unpaired) electrons. The molecule has 0 spiro atoms. The van der Waals surface area contributed by atoms with Crippen LogP contribution in [-0.2, 0) is 4.43 Å². The van der Waals surface area contributed by atoms with Crippen molar-refractivity contribution in [2.75, 3.05) is 6.61 Å². The van der Waals surface area contributed by atoms with Crippen LogP contribution in [0.5, 0.6) is 0 Å². The molecule has 0 atom stereocenters. The average molecular weight is 116 g/mol. The quantitative estimate of drug-likeness (QED) is 0.381. The highest BCUT2D eigenvalue weighted by Crippen LogP contribution is 1.62. The molecule has 0 heterocycles. The zero-order valence-corrected chi connectivity index (χ0v) is 6.12. The first-order valence-electron chi connectivity index (χ1n) is 1.95. The Hall–Kier alpha value is 0.394. The molecular formula is C3H8OSi2. The Morgan fingerprint density at radius 2 is 2.33 bits per heavy atom. The molecule has 0 fully saturated rings. The third-order valence-corrected chi connectivity index (χ3v) is 2.00. The fourth-order valence-electron chi connectivity index (χ4n) is 0.144. The smallest absolute Gasteiger partial charge is 0.205 e. The maximum Gasteiger partial charge on any atom is 0.205 e. The normalized spacial score (nSPS) is 9.00. The Balaban J connectivity index is 2.34. The van der Waals surface area contributed by atoms with Crippen molar-refractivity contribution in [2.45, 2.75) is 13.5 Å². The van der Waals surface area contributed by atoms with Gasteiger partial charge < -0.3 is 4.43 Å². The molecule has 1 nitrogen and oxygen atoms in total. The SMILES string of the molecule is CCO[Si][Si]C. The minimum absolute atomic E-state index is 0.743. The lowest BCUT2D eigenvalue weighted by Gasteiger charge is -1.88. The Bertz CT molecular complexity index is 20.8. The van der Waals surface area contributed by atoms with Crippen LogP contribution < -0.4 is 0 Å². The van der Waals surface area contributed by atoms with Gasteiger partial charge in [0.2, 0.25) is 9.28 Å². The Morgan fingerprint density at radius 3 is 2.50 bits per heavy atom. The molecule has 0 aromatic rings. The van der Waals surface area contributed by atoms with Crippen molar-refractivity contribution in [3.63, 3.8) is 0 Å². The van der Waals surface area contributed by atoms with Gasteiger partial charge in [-0.2, -0.15) is 0 Å². The van der Waals surface area contributed by atoms with Crippen molar-refractivity contribution < 1.29 is 4.43 Å². The van der Waals surface area contributed by atoms with E-state index in [4.69, 9.17) is 4.43 Å². The molecule has 3 heteroatoms. The Morgan fingerprint density at radius 1 is 1.67 bits per heavy atom. The van der Waals surface area contributed by atoms with E-state index in [0.29, 0.717) is 0 Å². The molecule has 0 saturated heterocycles. The van der Waals surface area contributed by atoms with Crippen molar-refractivity contribution in [2.24, 2.45) is 0 Å². The van der Waals surface area contributed by atoms with Crippen molar-refractivity contribution in [1.29, 1.82) is 0 Å². The second-order valence-corrected chi connectivity index (χ2v) is 3.89. The molecule has 34 valence electrons. The highest BCUT2D eigenvalue weighted by Gasteiger charge is 1.78. The molecule has 0 unspecified atom stereocenters. The van der Waals surface area contributed by atoms with E-state index < -0.39 is 0 Å². The molecule has 0 aromatic heterocycles. The summed E-state index contributed by atoms with van der Waals surface area (Å²) >= 11 is 0. The van der Waals surface area contributed by atoms with Gasteiger partial charge in [-0.05, 0) is 6.92 Å². The molecule has 0 rings (SSSR count). The van der Waals surface area contributed by atoms with Crippen molar-refractivity contribution in [3.8, 4) is 0 Å².